The third kappa shape index (κ3) is 2.66. The van der Waals surface area contributed by atoms with E-state index in [2.05, 4.69) is 5.32 Å². The molecule has 0 aromatic heterocycles. The molecule has 0 aliphatic heterocycles. The Morgan fingerprint density at radius 3 is 2.39 bits per heavy atom. The average molecular weight is 302 g/mol. The Morgan fingerprint density at radius 1 is 0.944 bits per heavy atom. The molecule has 0 fully saturated rings. The molecule has 0 unspecified atom stereocenters. The van der Waals surface area contributed by atoms with Gasteiger partial charge in [-0.1, -0.05) is 40.9 Å². The molecule has 2 aromatic rings. The van der Waals surface area contributed by atoms with Gasteiger partial charge in [-0.15, -0.1) is 0 Å². The second-order valence-corrected chi connectivity index (χ2v) is 5.13. The molecule has 0 amide bonds. The van der Waals surface area contributed by atoms with Crippen molar-refractivity contribution < 1.29 is 0 Å². The maximum absolute atomic E-state index is 6.15. The fourth-order valence-corrected chi connectivity index (χ4v) is 2.14. The van der Waals surface area contributed by atoms with Crippen LogP contribution in [0.3, 0.4) is 0 Å². The zero-order chi connectivity index (χ0) is 13.3. The van der Waals surface area contributed by atoms with E-state index in [9.17, 15) is 0 Å². The second-order valence-electron chi connectivity index (χ2n) is 3.91. The number of nitrogen functional groups attached to an aromatic ring is 1. The minimum Gasteiger partial charge on any atom is -0.396 e. The van der Waals surface area contributed by atoms with Crippen LogP contribution in [0.1, 0.15) is 5.56 Å². The molecule has 0 atom stereocenters. The number of nitrogens with two attached hydrogens (primary N) is 1. The number of para-hydroxylation sites is 1. The molecule has 18 heavy (non-hydrogen) atoms. The number of nitrogens with one attached hydrogen (secondary N) is 1. The van der Waals surface area contributed by atoms with Crippen molar-refractivity contribution in [3.05, 3.63) is 51.0 Å². The van der Waals surface area contributed by atoms with Crippen molar-refractivity contribution in [3.63, 3.8) is 0 Å². The monoisotopic (exact) mass is 300 g/mol. The quantitative estimate of drug-likeness (QED) is 0.740. The number of anilines is 3. The summed E-state index contributed by atoms with van der Waals surface area (Å²) in [6, 6.07) is 8.92. The van der Waals surface area contributed by atoms with Crippen LogP contribution in [0.5, 0.6) is 0 Å². The number of benzene rings is 2. The lowest BCUT2D eigenvalue weighted by Gasteiger charge is -2.13. The summed E-state index contributed by atoms with van der Waals surface area (Å²) in [7, 11) is 0. The molecular formula is C13H11Cl3N2. The first-order valence-electron chi connectivity index (χ1n) is 5.25. The van der Waals surface area contributed by atoms with Crippen molar-refractivity contribution in [1.29, 1.82) is 0 Å². The molecule has 2 aromatic carbocycles. The highest BCUT2D eigenvalue weighted by Gasteiger charge is 2.08. The Kier molecular flexibility index (Phi) is 3.91. The van der Waals surface area contributed by atoms with E-state index in [1.165, 1.54) is 0 Å². The van der Waals surface area contributed by atoms with Gasteiger partial charge in [-0.2, -0.15) is 0 Å². The van der Waals surface area contributed by atoms with Crippen LogP contribution < -0.4 is 11.1 Å². The van der Waals surface area contributed by atoms with Crippen LogP contribution in [0.4, 0.5) is 17.1 Å². The molecule has 0 saturated heterocycles. The average Bonchev–Trinajstić information content (AvgIpc) is 2.32. The summed E-state index contributed by atoms with van der Waals surface area (Å²) in [6.45, 7) is 1.89. The Hall–Kier alpha value is -1.09. The molecule has 0 radical (unpaired) electrons. The highest BCUT2D eigenvalue weighted by Crippen LogP contribution is 2.34. The Balaban J connectivity index is 2.40. The van der Waals surface area contributed by atoms with Gasteiger partial charge in [0.1, 0.15) is 0 Å². The molecule has 2 nitrogen and oxygen atoms in total. The lowest BCUT2D eigenvalue weighted by Crippen LogP contribution is -1.97. The van der Waals surface area contributed by atoms with Gasteiger partial charge >= 0.3 is 0 Å². The summed E-state index contributed by atoms with van der Waals surface area (Å²) in [5, 5.41) is 4.84. The maximum atomic E-state index is 6.15. The first kappa shape index (κ1) is 13.3. The molecule has 0 saturated carbocycles. The summed E-state index contributed by atoms with van der Waals surface area (Å²) in [5.41, 5.74) is 8.67. The number of halogens is 3. The number of hydrogen-bond donors (Lipinski definition) is 2. The lowest BCUT2D eigenvalue weighted by molar-refractivity contribution is 1.45. The number of rotatable bonds is 2. The largest absolute Gasteiger partial charge is 0.396 e. The number of hydrogen-bond acceptors (Lipinski definition) is 2. The van der Waals surface area contributed by atoms with E-state index in [-0.39, 0.29) is 0 Å². The Labute approximate surface area is 121 Å². The molecule has 94 valence electrons. The fraction of sp³-hybridized carbons (Fsp3) is 0.0769. The fourth-order valence-electron chi connectivity index (χ4n) is 1.53. The molecular weight excluding hydrogens is 291 g/mol. The highest BCUT2D eigenvalue weighted by molar-refractivity contribution is 6.36. The van der Waals surface area contributed by atoms with Crippen LogP contribution >= 0.6 is 34.8 Å². The maximum Gasteiger partial charge on any atom is 0.0742 e. The van der Waals surface area contributed by atoms with Crippen LogP contribution in [0.15, 0.2) is 30.3 Å². The van der Waals surface area contributed by atoms with E-state index in [0.717, 1.165) is 5.56 Å². The molecule has 0 aliphatic rings. The Bertz CT molecular complexity index is 597. The first-order chi connectivity index (χ1) is 8.49. The van der Waals surface area contributed by atoms with Crippen molar-refractivity contribution >= 4 is 51.9 Å². The number of aryl methyl sites for hydroxylation is 1. The zero-order valence-corrected chi connectivity index (χ0v) is 11.9. The van der Waals surface area contributed by atoms with Crippen molar-refractivity contribution in [2.24, 2.45) is 0 Å². The van der Waals surface area contributed by atoms with Gasteiger partial charge in [0.15, 0.2) is 0 Å². The van der Waals surface area contributed by atoms with Gasteiger partial charge in [0.25, 0.3) is 0 Å². The van der Waals surface area contributed by atoms with E-state index >= 15 is 0 Å². The van der Waals surface area contributed by atoms with Crippen molar-refractivity contribution in [3.8, 4) is 0 Å². The van der Waals surface area contributed by atoms with Crippen molar-refractivity contribution in [2.45, 2.75) is 6.92 Å². The summed E-state index contributed by atoms with van der Waals surface area (Å²) >= 11 is 18.2. The molecule has 5 heteroatoms. The van der Waals surface area contributed by atoms with Crippen molar-refractivity contribution in [2.75, 3.05) is 11.1 Å². The van der Waals surface area contributed by atoms with Gasteiger partial charge in [0.2, 0.25) is 0 Å². The van der Waals surface area contributed by atoms with Crippen LogP contribution in [0, 0.1) is 6.92 Å². The van der Waals surface area contributed by atoms with Gasteiger partial charge < -0.3 is 11.1 Å². The minimum atomic E-state index is 0.479. The van der Waals surface area contributed by atoms with Gasteiger partial charge in [0, 0.05) is 5.02 Å². The molecule has 0 bridgehead atoms. The topological polar surface area (TPSA) is 38.0 Å². The van der Waals surface area contributed by atoms with Crippen molar-refractivity contribution in [1.82, 2.24) is 0 Å². The molecule has 3 N–H and O–H groups in total. The molecule has 2 rings (SSSR count). The standard InChI is InChI=1S/C13H11Cl3N2/c1-7-5-10(16)12(6-9(7)15)18-11-4-2-3-8(14)13(11)17/h2-6,18H,17H2,1H3. The van der Waals surface area contributed by atoms with E-state index in [4.69, 9.17) is 40.5 Å². The minimum absolute atomic E-state index is 0.479. The van der Waals surface area contributed by atoms with E-state index in [0.29, 0.717) is 32.1 Å². The van der Waals surface area contributed by atoms with Crippen LogP contribution in [-0.4, -0.2) is 0 Å². The second kappa shape index (κ2) is 5.27. The summed E-state index contributed by atoms with van der Waals surface area (Å²) in [4.78, 5) is 0. The smallest absolute Gasteiger partial charge is 0.0742 e. The van der Waals surface area contributed by atoms with Crippen LogP contribution in [0.25, 0.3) is 0 Å². The van der Waals surface area contributed by atoms with Gasteiger partial charge in [0.05, 0.1) is 27.1 Å². The normalized spacial score (nSPS) is 10.4. The zero-order valence-electron chi connectivity index (χ0n) is 9.60. The van der Waals surface area contributed by atoms with Crippen LogP contribution in [0.2, 0.25) is 15.1 Å². The molecule has 0 heterocycles. The van der Waals surface area contributed by atoms with E-state index < -0.39 is 0 Å². The summed E-state index contributed by atoms with van der Waals surface area (Å²) < 4.78 is 0. The molecule has 0 spiro atoms. The van der Waals surface area contributed by atoms with Gasteiger partial charge in [-0.3, -0.25) is 0 Å². The third-order valence-corrected chi connectivity index (χ3v) is 3.62. The molecule has 0 aliphatic carbocycles. The summed E-state index contributed by atoms with van der Waals surface area (Å²) in [5.74, 6) is 0. The van der Waals surface area contributed by atoms with E-state index in [1.807, 2.05) is 19.1 Å². The lowest BCUT2D eigenvalue weighted by atomic mass is 10.2. The van der Waals surface area contributed by atoms with Gasteiger partial charge in [-0.25, -0.2) is 0 Å². The SMILES string of the molecule is Cc1cc(Cl)c(Nc2cccc(Cl)c2N)cc1Cl. The highest BCUT2D eigenvalue weighted by atomic mass is 35.5. The van der Waals surface area contributed by atoms with E-state index in [1.54, 1.807) is 18.2 Å². The predicted octanol–water partition coefficient (Wildman–Crippen LogP) is 5.28. The first-order valence-corrected chi connectivity index (χ1v) is 6.39. The summed E-state index contributed by atoms with van der Waals surface area (Å²) in [6.07, 6.45) is 0. The van der Waals surface area contributed by atoms with Gasteiger partial charge in [-0.05, 0) is 36.8 Å². The third-order valence-electron chi connectivity index (χ3n) is 2.57. The van der Waals surface area contributed by atoms with Crippen LogP contribution in [-0.2, 0) is 0 Å². The predicted molar refractivity (Wildman–Crippen MR) is 80.3 cm³/mol. The Morgan fingerprint density at radius 2 is 1.67 bits per heavy atom.